The second kappa shape index (κ2) is 7.62. The molecule has 1 amide bonds. The molecular formula is C21H28N4O. The first-order valence-corrected chi connectivity index (χ1v) is 9.77. The maximum Gasteiger partial charge on any atom is 0.223 e. The van der Waals surface area contributed by atoms with Gasteiger partial charge in [-0.25, -0.2) is 0 Å². The second-order valence-corrected chi connectivity index (χ2v) is 7.93. The summed E-state index contributed by atoms with van der Waals surface area (Å²) in [6.45, 7) is 1.36. The van der Waals surface area contributed by atoms with E-state index in [4.69, 9.17) is 5.73 Å². The van der Waals surface area contributed by atoms with Gasteiger partial charge in [-0.1, -0.05) is 30.7 Å². The lowest BCUT2D eigenvalue weighted by Crippen LogP contribution is -2.49. The van der Waals surface area contributed by atoms with Crippen molar-refractivity contribution in [2.75, 3.05) is 0 Å². The fourth-order valence-electron chi connectivity index (χ4n) is 4.68. The zero-order valence-corrected chi connectivity index (χ0v) is 15.2. The molecule has 0 spiro atoms. The summed E-state index contributed by atoms with van der Waals surface area (Å²) in [6, 6.07) is 10.6. The van der Waals surface area contributed by atoms with Crippen LogP contribution < -0.4 is 11.1 Å². The Morgan fingerprint density at radius 3 is 2.50 bits per heavy atom. The normalized spacial score (nSPS) is 27.9. The molecule has 2 atom stereocenters. The van der Waals surface area contributed by atoms with Crippen LogP contribution in [0.2, 0.25) is 0 Å². The average molecular weight is 352 g/mol. The monoisotopic (exact) mass is 352 g/mol. The molecule has 3 N–H and O–H groups in total. The van der Waals surface area contributed by atoms with Crippen LogP contribution in [-0.4, -0.2) is 21.7 Å². The molecule has 2 aliphatic rings. The first kappa shape index (κ1) is 17.3. The van der Waals surface area contributed by atoms with Gasteiger partial charge >= 0.3 is 0 Å². The molecule has 1 aromatic heterocycles. The van der Waals surface area contributed by atoms with Crippen LogP contribution in [0, 0.1) is 17.8 Å². The van der Waals surface area contributed by atoms with E-state index >= 15 is 0 Å². The van der Waals surface area contributed by atoms with E-state index in [1.807, 2.05) is 16.9 Å². The largest absolute Gasteiger partial charge is 0.352 e. The zero-order valence-electron chi connectivity index (χ0n) is 15.2. The minimum atomic E-state index is 0.143. The van der Waals surface area contributed by atoms with Crippen LogP contribution in [0.3, 0.4) is 0 Å². The Labute approximate surface area is 155 Å². The molecule has 1 aromatic carbocycles. The van der Waals surface area contributed by atoms with Crippen molar-refractivity contribution in [2.45, 2.75) is 51.2 Å². The van der Waals surface area contributed by atoms with Gasteiger partial charge in [-0.15, -0.1) is 0 Å². The van der Waals surface area contributed by atoms with Gasteiger partial charge < -0.3 is 11.1 Å². The van der Waals surface area contributed by atoms with Crippen LogP contribution in [0.25, 0.3) is 0 Å². The smallest absolute Gasteiger partial charge is 0.223 e. The summed E-state index contributed by atoms with van der Waals surface area (Å²) in [4.78, 5) is 12.6. The lowest BCUT2D eigenvalue weighted by molar-refractivity contribution is -0.128. The Kier molecular flexibility index (Phi) is 5.07. The summed E-state index contributed by atoms with van der Waals surface area (Å²) in [7, 11) is 0. The number of benzene rings is 1. The van der Waals surface area contributed by atoms with E-state index in [0.29, 0.717) is 24.4 Å². The molecule has 2 saturated carbocycles. The summed E-state index contributed by atoms with van der Waals surface area (Å²) in [5.74, 6) is 1.43. The first-order chi connectivity index (χ1) is 12.7. The van der Waals surface area contributed by atoms with Crippen molar-refractivity contribution in [2.24, 2.45) is 23.5 Å². The molecule has 5 nitrogen and oxygen atoms in total. The van der Waals surface area contributed by atoms with Gasteiger partial charge in [-0.3, -0.25) is 9.48 Å². The molecule has 2 bridgehead atoms. The fraction of sp³-hybridized carbons (Fsp3) is 0.524. The van der Waals surface area contributed by atoms with Gasteiger partial charge in [-0.05, 0) is 54.7 Å². The average Bonchev–Trinajstić information content (AvgIpc) is 3.14. The second-order valence-electron chi connectivity index (χ2n) is 7.93. The van der Waals surface area contributed by atoms with Crippen molar-refractivity contribution in [3.8, 4) is 0 Å². The summed E-state index contributed by atoms with van der Waals surface area (Å²) in [6.07, 6.45) is 9.34. The van der Waals surface area contributed by atoms with Gasteiger partial charge in [0.05, 0.1) is 6.54 Å². The highest BCUT2D eigenvalue weighted by Gasteiger charge is 2.40. The van der Waals surface area contributed by atoms with Crippen LogP contribution in [0.4, 0.5) is 0 Å². The Morgan fingerprint density at radius 1 is 1.15 bits per heavy atom. The van der Waals surface area contributed by atoms with Gasteiger partial charge in [0.15, 0.2) is 0 Å². The van der Waals surface area contributed by atoms with E-state index in [-0.39, 0.29) is 11.8 Å². The maximum absolute atomic E-state index is 12.6. The minimum Gasteiger partial charge on any atom is -0.352 e. The molecule has 4 rings (SSSR count). The van der Waals surface area contributed by atoms with Crippen molar-refractivity contribution in [1.29, 1.82) is 0 Å². The molecule has 2 aliphatic carbocycles. The molecule has 0 radical (unpaired) electrons. The zero-order chi connectivity index (χ0) is 17.9. The standard InChI is InChI=1S/C21H28N4O/c22-20-17-3-1-4-18(20)12-19(11-17)21(26)23-13-15-5-7-16(8-6-15)14-25-10-2-9-24-25/h2,5-10,17-20H,1,3-4,11-14,22H2,(H,23,26). The first-order valence-electron chi connectivity index (χ1n) is 9.77. The molecule has 1 heterocycles. The van der Waals surface area contributed by atoms with Crippen molar-refractivity contribution in [3.63, 3.8) is 0 Å². The number of nitrogens with two attached hydrogens (primary N) is 1. The Bertz CT molecular complexity index is 711. The fourth-order valence-corrected chi connectivity index (χ4v) is 4.68. The molecule has 2 fully saturated rings. The van der Waals surface area contributed by atoms with Crippen LogP contribution in [0.5, 0.6) is 0 Å². The van der Waals surface area contributed by atoms with Crippen LogP contribution in [0.15, 0.2) is 42.7 Å². The van der Waals surface area contributed by atoms with Crippen LogP contribution >= 0.6 is 0 Å². The topological polar surface area (TPSA) is 72.9 Å². The van der Waals surface area contributed by atoms with Gasteiger partial charge in [0.1, 0.15) is 0 Å². The molecule has 0 saturated heterocycles. The van der Waals surface area contributed by atoms with E-state index < -0.39 is 0 Å². The van der Waals surface area contributed by atoms with Gasteiger partial charge in [0.2, 0.25) is 5.91 Å². The van der Waals surface area contributed by atoms with E-state index in [2.05, 4.69) is 34.7 Å². The Balaban J connectivity index is 1.29. The third-order valence-corrected chi connectivity index (χ3v) is 6.18. The number of aromatic nitrogens is 2. The van der Waals surface area contributed by atoms with Crippen molar-refractivity contribution in [3.05, 3.63) is 53.9 Å². The van der Waals surface area contributed by atoms with E-state index in [0.717, 1.165) is 24.9 Å². The highest BCUT2D eigenvalue weighted by atomic mass is 16.1. The van der Waals surface area contributed by atoms with Crippen LogP contribution in [0.1, 0.15) is 43.2 Å². The third-order valence-electron chi connectivity index (χ3n) is 6.18. The van der Waals surface area contributed by atoms with Gasteiger partial charge in [-0.2, -0.15) is 5.10 Å². The predicted molar refractivity (Wildman–Crippen MR) is 101 cm³/mol. The molecule has 5 heteroatoms. The molecule has 2 unspecified atom stereocenters. The SMILES string of the molecule is NC1C2CCCC1CC(C(=O)NCc1ccc(Cn3cccn3)cc1)C2. The highest BCUT2D eigenvalue weighted by Crippen LogP contribution is 2.41. The number of rotatable bonds is 5. The number of carbonyl (C=O) groups excluding carboxylic acids is 1. The number of hydrogen-bond acceptors (Lipinski definition) is 3. The van der Waals surface area contributed by atoms with Crippen molar-refractivity contribution < 1.29 is 4.79 Å². The number of carbonyl (C=O) groups is 1. The number of amides is 1. The minimum absolute atomic E-state index is 0.143. The summed E-state index contributed by atoms with van der Waals surface area (Å²) < 4.78 is 1.90. The van der Waals surface area contributed by atoms with Gasteiger partial charge in [0.25, 0.3) is 0 Å². The van der Waals surface area contributed by atoms with Crippen molar-refractivity contribution in [1.82, 2.24) is 15.1 Å². The van der Waals surface area contributed by atoms with E-state index in [1.165, 1.54) is 24.8 Å². The lowest BCUT2D eigenvalue weighted by Gasteiger charge is -2.43. The van der Waals surface area contributed by atoms with Crippen molar-refractivity contribution >= 4 is 5.91 Å². The summed E-state index contributed by atoms with van der Waals surface area (Å²) in [5.41, 5.74) is 8.68. The number of nitrogens with zero attached hydrogens (tertiary/aromatic N) is 2. The predicted octanol–water partition coefficient (Wildman–Crippen LogP) is 2.70. The van der Waals surface area contributed by atoms with E-state index in [9.17, 15) is 4.79 Å². The molecule has 2 aromatic rings. The van der Waals surface area contributed by atoms with Gasteiger partial charge in [0, 0.05) is 30.9 Å². The third kappa shape index (κ3) is 3.83. The summed E-state index contributed by atoms with van der Waals surface area (Å²) >= 11 is 0. The number of hydrogen-bond donors (Lipinski definition) is 2. The maximum atomic E-state index is 12.6. The van der Waals surface area contributed by atoms with E-state index in [1.54, 1.807) is 6.20 Å². The van der Waals surface area contributed by atoms with Crippen LogP contribution in [-0.2, 0) is 17.9 Å². The number of fused-ring (bicyclic) bond motifs is 2. The highest BCUT2D eigenvalue weighted by molar-refractivity contribution is 5.78. The quantitative estimate of drug-likeness (QED) is 0.869. The molecule has 138 valence electrons. The Morgan fingerprint density at radius 2 is 1.85 bits per heavy atom. The Hall–Kier alpha value is -2.14. The lowest BCUT2D eigenvalue weighted by atomic mass is 9.65. The molecular weight excluding hydrogens is 324 g/mol. The molecule has 26 heavy (non-hydrogen) atoms. The summed E-state index contributed by atoms with van der Waals surface area (Å²) in [5, 5.41) is 7.37. The molecule has 0 aliphatic heterocycles. The number of nitrogens with one attached hydrogen (secondary N) is 1.